The Bertz CT molecular complexity index is 409. The van der Waals surface area contributed by atoms with Crippen molar-refractivity contribution in [1.29, 1.82) is 0 Å². The summed E-state index contributed by atoms with van der Waals surface area (Å²) < 4.78 is 2.37. The van der Waals surface area contributed by atoms with Crippen LogP contribution in [0, 0.1) is 0 Å². The van der Waals surface area contributed by atoms with Crippen LogP contribution in [-0.4, -0.2) is 19.6 Å². The van der Waals surface area contributed by atoms with E-state index < -0.39 is 0 Å². The Kier molecular flexibility index (Phi) is 1.80. The molecule has 0 saturated heterocycles. The summed E-state index contributed by atoms with van der Waals surface area (Å²) in [5.74, 6) is 0. The van der Waals surface area contributed by atoms with E-state index in [0.717, 1.165) is 17.8 Å². The molecular formula is C7H7BrN4. The molecule has 0 aliphatic rings. The zero-order valence-corrected chi connectivity index (χ0v) is 8.11. The van der Waals surface area contributed by atoms with Gasteiger partial charge in [-0.2, -0.15) is 9.61 Å². The first kappa shape index (κ1) is 7.67. The van der Waals surface area contributed by atoms with Crippen molar-refractivity contribution in [3.63, 3.8) is 0 Å². The number of fused-ring (bicyclic) bond motifs is 1. The van der Waals surface area contributed by atoms with Crippen molar-refractivity contribution in [1.82, 2.24) is 19.6 Å². The molecule has 0 spiro atoms. The molecule has 0 aromatic carbocycles. The molecule has 12 heavy (non-hydrogen) atoms. The first-order valence-corrected chi connectivity index (χ1v) is 4.45. The lowest BCUT2D eigenvalue weighted by Gasteiger charge is -1.91. The van der Waals surface area contributed by atoms with Crippen molar-refractivity contribution in [2.24, 2.45) is 0 Å². The normalized spacial score (nSPS) is 10.8. The maximum atomic E-state index is 4.28. The zero-order valence-electron chi connectivity index (χ0n) is 6.53. The van der Waals surface area contributed by atoms with Crippen LogP contribution in [0.15, 0.2) is 17.1 Å². The van der Waals surface area contributed by atoms with E-state index in [1.54, 1.807) is 4.52 Å². The lowest BCUT2D eigenvalue weighted by molar-refractivity contribution is 0.829. The third kappa shape index (κ3) is 1.10. The van der Waals surface area contributed by atoms with E-state index in [4.69, 9.17) is 0 Å². The predicted molar refractivity (Wildman–Crippen MR) is 47.9 cm³/mol. The van der Waals surface area contributed by atoms with E-state index >= 15 is 0 Å². The second kappa shape index (κ2) is 2.82. The predicted octanol–water partition coefficient (Wildman–Crippen LogP) is 1.45. The van der Waals surface area contributed by atoms with Gasteiger partial charge in [0.2, 0.25) is 4.73 Å². The first-order chi connectivity index (χ1) is 5.81. The van der Waals surface area contributed by atoms with E-state index in [2.05, 4.69) is 37.9 Å². The molecule has 0 atom stereocenters. The van der Waals surface area contributed by atoms with Gasteiger partial charge in [-0.3, -0.25) is 0 Å². The molecule has 0 fully saturated rings. The van der Waals surface area contributed by atoms with Gasteiger partial charge in [0.15, 0.2) is 5.65 Å². The monoisotopic (exact) mass is 226 g/mol. The zero-order chi connectivity index (χ0) is 8.55. The molecular weight excluding hydrogens is 220 g/mol. The molecule has 0 bridgehead atoms. The summed E-state index contributed by atoms with van der Waals surface area (Å²) in [6.45, 7) is 2.06. The molecule has 62 valence electrons. The highest BCUT2D eigenvalue weighted by Crippen LogP contribution is 2.09. The van der Waals surface area contributed by atoms with Crippen LogP contribution >= 0.6 is 15.9 Å². The van der Waals surface area contributed by atoms with Gasteiger partial charge in [0.25, 0.3) is 0 Å². The lowest BCUT2D eigenvalue weighted by atomic mass is 10.3. The Morgan fingerprint density at radius 1 is 1.50 bits per heavy atom. The summed E-state index contributed by atoms with van der Waals surface area (Å²) in [7, 11) is 0. The van der Waals surface area contributed by atoms with Gasteiger partial charge in [-0.1, -0.05) is 6.92 Å². The van der Waals surface area contributed by atoms with Crippen molar-refractivity contribution >= 4 is 21.6 Å². The average molecular weight is 227 g/mol. The van der Waals surface area contributed by atoms with Crippen LogP contribution in [0.1, 0.15) is 12.6 Å². The molecule has 0 aliphatic heterocycles. The maximum Gasteiger partial charge on any atom is 0.201 e. The molecule has 5 heteroatoms. The SMILES string of the molecule is CCc1cc2ncnc(Br)n2n1. The Hall–Kier alpha value is -0.970. The molecule has 2 rings (SSSR count). The molecule has 0 N–H and O–H groups in total. The molecule has 0 unspecified atom stereocenters. The number of rotatable bonds is 1. The molecule has 2 heterocycles. The summed E-state index contributed by atoms with van der Waals surface area (Å²) in [5, 5.41) is 4.28. The second-order valence-electron chi connectivity index (χ2n) is 2.40. The van der Waals surface area contributed by atoms with Crippen molar-refractivity contribution in [3.8, 4) is 0 Å². The van der Waals surface area contributed by atoms with Crippen LogP contribution in [-0.2, 0) is 6.42 Å². The van der Waals surface area contributed by atoms with Gasteiger partial charge in [0, 0.05) is 6.07 Å². The van der Waals surface area contributed by atoms with E-state index in [9.17, 15) is 0 Å². The minimum Gasteiger partial charge on any atom is -0.217 e. The minimum atomic E-state index is 0.687. The fourth-order valence-corrected chi connectivity index (χ4v) is 1.36. The average Bonchev–Trinajstić information content (AvgIpc) is 2.49. The van der Waals surface area contributed by atoms with Gasteiger partial charge in [0.1, 0.15) is 6.33 Å². The van der Waals surface area contributed by atoms with E-state index in [-0.39, 0.29) is 0 Å². The van der Waals surface area contributed by atoms with Gasteiger partial charge < -0.3 is 0 Å². The number of nitrogens with zero attached hydrogens (tertiary/aromatic N) is 4. The topological polar surface area (TPSA) is 43.1 Å². The number of aryl methyl sites for hydroxylation is 1. The van der Waals surface area contributed by atoms with Crippen LogP contribution in [0.25, 0.3) is 5.65 Å². The Morgan fingerprint density at radius 2 is 2.33 bits per heavy atom. The van der Waals surface area contributed by atoms with Gasteiger partial charge in [0.05, 0.1) is 5.69 Å². The Balaban J connectivity index is 2.74. The van der Waals surface area contributed by atoms with Crippen molar-refractivity contribution < 1.29 is 0 Å². The van der Waals surface area contributed by atoms with Crippen molar-refractivity contribution in [2.45, 2.75) is 13.3 Å². The summed E-state index contributed by atoms with van der Waals surface area (Å²) in [5.41, 5.74) is 1.85. The third-order valence-electron chi connectivity index (χ3n) is 1.63. The Morgan fingerprint density at radius 3 is 3.00 bits per heavy atom. The van der Waals surface area contributed by atoms with Crippen molar-refractivity contribution in [3.05, 3.63) is 22.8 Å². The number of halogens is 1. The molecule has 0 saturated carbocycles. The smallest absolute Gasteiger partial charge is 0.201 e. The lowest BCUT2D eigenvalue weighted by Crippen LogP contribution is -1.94. The van der Waals surface area contributed by atoms with E-state index in [0.29, 0.717) is 4.73 Å². The molecule has 2 aromatic heterocycles. The largest absolute Gasteiger partial charge is 0.217 e. The van der Waals surface area contributed by atoms with Crippen molar-refractivity contribution in [2.75, 3.05) is 0 Å². The van der Waals surface area contributed by atoms with E-state index in [1.165, 1.54) is 6.33 Å². The van der Waals surface area contributed by atoms with Crippen LogP contribution in [0.3, 0.4) is 0 Å². The van der Waals surface area contributed by atoms with Crippen LogP contribution in [0.5, 0.6) is 0 Å². The number of aromatic nitrogens is 4. The van der Waals surface area contributed by atoms with Gasteiger partial charge in [-0.05, 0) is 22.4 Å². The molecule has 4 nitrogen and oxygen atoms in total. The van der Waals surface area contributed by atoms with Crippen LogP contribution in [0.4, 0.5) is 0 Å². The summed E-state index contributed by atoms with van der Waals surface area (Å²) in [6, 6.07) is 1.95. The van der Waals surface area contributed by atoms with Gasteiger partial charge in [-0.15, -0.1) is 0 Å². The molecule has 2 aromatic rings. The molecule has 0 aliphatic carbocycles. The second-order valence-corrected chi connectivity index (χ2v) is 3.11. The third-order valence-corrected chi connectivity index (χ3v) is 2.17. The highest BCUT2D eigenvalue weighted by molar-refractivity contribution is 9.10. The van der Waals surface area contributed by atoms with Gasteiger partial charge >= 0.3 is 0 Å². The fraction of sp³-hybridized carbons (Fsp3) is 0.286. The highest BCUT2D eigenvalue weighted by atomic mass is 79.9. The quantitative estimate of drug-likeness (QED) is 0.740. The summed E-state index contributed by atoms with van der Waals surface area (Å²) in [6.07, 6.45) is 2.43. The fourth-order valence-electron chi connectivity index (χ4n) is 1.01. The minimum absolute atomic E-state index is 0.687. The molecule has 0 amide bonds. The van der Waals surface area contributed by atoms with Crippen LogP contribution < -0.4 is 0 Å². The molecule has 0 radical (unpaired) electrons. The number of hydrogen-bond donors (Lipinski definition) is 0. The first-order valence-electron chi connectivity index (χ1n) is 3.66. The summed E-state index contributed by atoms with van der Waals surface area (Å²) >= 11 is 3.29. The maximum absolute atomic E-state index is 4.28. The standard InChI is InChI=1S/C7H7BrN4/c1-2-5-3-6-9-4-10-7(8)12(6)11-5/h3-4H,2H2,1H3. The van der Waals surface area contributed by atoms with E-state index in [1.807, 2.05) is 6.07 Å². The Labute approximate surface area is 77.8 Å². The number of hydrogen-bond acceptors (Lipinski definition) is 3. The van der Waals surface area contributed by atoms with Crippen LogP contribution in [0.2, 0.25) is 0 Å². The highest BCUT2D eigenvalue weighted by Gasteiger charge is 2.02. The van der Waals surface area contributed by atoms with Gasteiger partial charge in [-0.25, -0.2) is 9.97 Å². The summed E-state index contributed by atoms with van der Waals surface area (Å²) in [4.78, 5) is 8.03.